The highest BCUT2D eigenvalue weighted by Gasteiger charge is 2.33. The van der Waals surface area contributed by atoms with Crippen LogP contribution in [0.25, 0.3) is 0 Å². The summed E-state index contributed by atoms with van der Waals surface area (Å²) >= 11 is 0. The van der Waals surface area contributed by atoms with Crippen LogP contribution in [0.2, 0.25) is 0 Å². The zero-order valence-corrected chi connectivity index (χ0v) is 16.4. The number of carbonyl (C=O) groups is 1. The Bertz CT molecular complexity index is 864. The highest BCUT2D eigenvalue weighted by Crippen LogP contribution is 2.28. The summed E-state index contributed by atoms with van der Waals surface area (Å²) < 4.78 is 44.0. The average Bonchev–Trinajstić information content (AvgIpc) is 2.68. The van der Waals surface area contributed by atoms with Crippen LogP contribution in [-0.2, 0) is 30.5 Å². The van der Waals surface area contributed by atoms with Crippen LogP contribution in [0, 0.1) is 5.92 Å². The third-order valence-electron chi connectivity index (χ3n) is 5.01. The van der Waals surface area contributed by atoms with Gasteiger partial charge in [0, 0.05) is 26.7 Å². The molecule has 0 aliphatic carbocycles. The number of rotatable bonds is 7. The number of halogens is 3. The van der Waals surface area contributed by atoms with Crippen molar-refractivity contribution in [2.75, 3.05) is 20.1 Å². The normalized spacial score (nSPS) is 15.1. The van der Waals surface area contributed by atoms with Gasteiger partial charge in [0.1, 0.15) is 18.1 Å². The molecule has 1 aliphatic heterocycles. The third kappa shape index (κ3) is 5.26. The minimum absolute atomic E-state index is 0.0354. The van der Waals surface area contributed by atoms with Crippen molar-refractivity contribution in [3.63, 3.8) is 0 Å². The summed E-state index contributed by atoms with van der Waals surface area (Å²) in [5.74, 6) is 0.716. The van der Waals surface area contributed by atoms with Gasteiger partial charge in [0.15, 0.2) is 0 Å². The number of aromatic nitrogens is 1. The van der Waals surface area contributed by atoms with Crippen LogP contribution in [0.5, 0.6) is 5.75 Å². The SMILES string of the molecule is CCc1cc(OCc2cccc(C(F)(F)F)n2)ccc1CN1CC(C(=O)NC)C1. The van der Waals surface area contributed by atoms with E-state index in [1.54, 1.807) is 7.05 Å². The minimum Gasteiger partial charge on any atom is -0.487 e. The maximum absolute atomic E-state index is 12.8. The molecule has 0 bridgehead atoms. The summed E-state index contributed by atoms with van der Waals surface area (Å²) in [4.78, 5) is 17.4. The molecule has 1 saturated heterocycles. The number of alkyl halides is 3. The quantitative estimate of drug-likeness (QED) is 0.764. The van der Waals surface area contributed by atoms with Gasteiger partial charge in [-0.15, -0.1) is 0 Å². The highest BCUT2D eigenvalue weighted by atomic mass is 19.4. The molecule has 0 saturated carbocycles. The lowest BCUT2D eigenvalue weighted by Gasteiger charge is -2.38. The first kappa shape index (κ1) is 21.1. The summed E-state index contributed by atoms with van der Waals surface area (Å²) in [5, 5.41) is 2.67. The fourth-order valence-electron chi connectivity index (χ4n) is 3.36. The Morgan fingerprint density at radius 2 is 2.00 bits per heavy atom. The van der Waals surface area contributed by atoms with Crippen molar-refractivity contribution in [1.82, 2.24) is 15.2 Å². The Labute approximate surface area is 167 Å². The Morgan fingerprint density at radius 1 is 1.24 bits per heavy atom. The average molecular weight is 407 g/mol. The van der Waals surface area contributed by atoms with E-state index in [9.17, 15) is 18.0 Å². The van der Waals surface area contributed by atoms with E-state index < -0.39 is 11.9 Å². The third-order valence-corrected chi connectivity index (χ3v) is 5.01. The van der Waals surface area contributed by atoms with E-state index in [1.807, 2.05) is 25.1 Å². The standard InChI is InChI=1S/C21H24F3N3O2/c1-3-14-9-18(29-13-17-5-4-6-19(26-17)21(22,23)24)8-7-15(14)10-27-11-16(12-27)20(28)25-2/h4-9,16H,3,10-13H2,1-2H3,(H,25,28). The van der Waals surface area contributed by atoms with Crippen LogP contribution >= 0.6 is 0 Å². The van der Waals surface area contributed by atoms with Gasteiger partial charge in [-0.3, -0.25) is 9.69 Å². The maximum atomic E-state index is 12.8. The molecule has 2 heterocycles. The number of nitrogens with zero attached hydrogens (tertiary/aromatic N) is 2. The molecule has 0 spiro atoms. The molecule has 2 aromatic rings. The predicted molar refractivity (Wildman–Crippen MR) is 102 cm³/mol. The van der Waals surface area contributed by atoms with Crippen molar-refractivity contribution in [1.29, 1.82) is 0 Å². The van der Waals surface area contributed by atoms with E-state index in [2.05, 4.69) is 15.2 Å². The molecule has 0 radical (unpaired) electrons. The van der Waals surface area contributed by atoms with Crippen LogP contribution in [0.1, 0.15) is 29.4 Å². The number of carbonyl (C=O) groups excluding carboxylic acids is 1. The van der Waals surface area contributed by atoms with Crippen LogP contribution in [0.3, 0.4) is 0 Å². The van der Waals surface area contributed by atoms with Crippen LogP contribution in [0.4, 0.5) is 13.2 Å². The second-order valence-corrected chi connectivity index (χ2v) is 7.09. The number of nitrogens with one attached hydrogen (secondary N) is 1. The second kappa shape index (κ2) is 8.82. The molecule has 0 atom stereocenters. The molecule has 8 heteroatoms. The molecule has 156 valence electrons. The van der Waals surface area contributed by atoms with Crippen molar-refractivity contribution in [3.05, 3.63) is 58.9 Å². The van der Waals surface area contributed by atoms with E-state index >= 15 is 0 Å². The largest absolute Gasteiger partial charge is 0.487 e. The smallest absolute Gasteiger partial charge is 0.433 e. The van der Waals surface area contributed by atoms with Gasteiger partial charge in [0.2, 0.25) is 5.91 Å². The Morgan fingerprint density at radius 3 is 2.66 bits per heavy atom. The van der Waals surface area contributed by atoms with Gasteiger partial charge >= 0.3 is 6.18 Å². The molecule has 1 N–H and O–H groups in total. The highest BCUT2D eigenvalue weighted by molar-refractivity contribution is 5.79. The molecule has 1 amide bonds. The lowest BCUT2D eigenvalue weighted by atomic mass is 9.96. The molecule has 0 unspecified atom stereocenters. The fourth-order valence-corrected chi connectivity index (χ4v) is 3.36. The maximum Gasteiger partial charge on any atom is 0.433 e. The summed E-state index contributed by atoms with van der Waals surface area (Å²) in [6.07, 6.45) is -3.66. The molecule has 1 aliphatic rings. The van der Waals surface area contributed by atoms with E-state index in [1.165, 1.54) is 12.1 Å². The van der Waals surface area contributed by atoms with Gasteiger partial charge in [0.25, 0.3) is 0 Å². The Balaban J connectivity index is 1.60. The number of hydrogen-bond donors (Lipinski definition) is 1. The predicted octanol–water partition coefficient (Wildman–Crippen LogP) is 3.42. The Kier molecular flexibility index (Phi) is 6.42. The van der Waals surface area contributed by atoms with Crippen molar-refractivity contribution in [3.8, 4) is 5.75 Å². The van der Waals surface area contributed by atoms with E-state index in [0.717, 1.165) is 43.2 Å². The van der Waals surface area contributed by atoms with Crippen molar-refractivity contribution in [2.45, 2.75) is 32.7 Å². The lowest BCUT2D eigenvalue weighted by Crippen LogP contribution is -2.52. The number of hydrogen-bond acceptors (Lipinski definition) is 4. The van der Waals surface area contributed by atoms with E-state index in [0.29, 0.717) is 5.75 Å². The number of ether oxygens (including phenoxy) is 1. The topological polar surface area (TPSA) is 54.5 Å². The molecule has 29 heavy (non-hydrogen) atoms. The van der Waals surface area contributed by atoms with Gasteiger partial charge in [-0.25, -0.2) is 4.98 Å². The number of pyridine rings is 1. The number of aryl methyl sites for hydroxylation is 1. The zero-order chi connectivity index (χ0) is 21.0. The Hall–Kier alpha value is -2.61. The summed E-state index contributed by atoms with van der Waals surface area (Å²) in [7, 11) is 1.65. The molecule has 1 aromatic heterocycles. The summed E-state index contributed by atoms with van der Waals surface area (Å²) in [6, 6.07) is 9.49. The summed E-state index contributed by atoms with van der Waals surface area (Å²) in [5.41, 5.74) is 1.57. The second-order valence-electron chi connectivity index (χ2n) is 7.09. The van der Waals surface area contributed by atoms with Crippen molar-refractivity contribution in [2.24, 2.45) is 5.92 Å². The van der Waals surface area contributed by atoms with Crippen molar-refractivity contribution >= 4 is 5.91 Å². The molecule has 5 nitrogen and oxygen atoms in total. The summed E-state index contributed by atoms with van der Waals surface area (Å²) in [6.45, 7) is 4.24. The minimum atomic E-state index is -4.47. The number of amides is 1. The molecule has 1 aromatic carbocycles. The van der Waals surface area contributed by atoms with Crippen LogP contribution < -0.4 is 10.1 Å². The van der Waals surface area contributed by atoms with Gasteiger partial charge in [-0.1, -0.05) is 19.1 Å². The molecule has 1 fully saturated rings. The first-order valence-electron chi connectivity index (χ1n) is 9.51. The first-order valence-corrected chi connectivity index (χ1v) is 9.51. The van der Waals surface area contributed by atoms with Gasteiger partial charge in [0.05, 0.1) is 11.6 Å². The van der Waals surface area contributed by atoms with Crippen LogP contribution in [-0.4, -0.2) is 35.9 Å². The number of benzene rings is 1. The molecule has 3 rings (SSSR count). The van der Waals surface area contributed by atoms with E-state index in [-0.39, 0.29) is 24.1 Å². The first-order chi connectivity index (χ1) is 13.8. The monoisotopic (exact) mass is 407 g/mol. The fraction of sp³-hybridized carbons (Fsp3) is 0.429. The molecular formula is C21H24F3N3O2. The lowest BCUT2D eigenvalue weighted by molar-refractivity contribution is -0.141. The van der Waals surface area contributed by atoms with Gasteiger partial charge in [-0.2, -0.15) is 13.2 Å². The van der Waals surface area contributed by atoms with Crippen molar-refractivity contribution < 1.29 is 22.7 Å². The molecular weight excluding hydrogens is 383 g/mol. The van der Waals surface area contributed by atoms with Gasteiger partial charge < -0.3 is 10.1 Å². The van der Waals surface area contributed by atoms with Gasteiger partial charge in [-0.05, 0) is 41.8 Å². The number of likely N-dealkylation sites (tertiary alicyclic amines) is 1. The van der Waals surface area contributed by atoms with E-state index in [4.69, 9.17) is 4.74 Å². The zero-order valence-electron chi connectivity index (χ0n) is 16.4. The van der Waals surface area contributed by atoms with Crippen LogP contribution in [0.15, 0.2) is 36.4 Å².